The van der Waals surface area contributed by atoms with Crippen LogP contribution in [0.4, 0.5) is 0 Å². The van der Waals surface area contributed by atoms with E-state index in [2.05, 4.69) is 58.2 Å². The second-order valence-corrected chi connectivity index (χ2v) is 10.3. The third kappa shape index (κ3) is 7.74. The predicted octanol–water partition coefficient (Wildman–Crippen LogP) is 5.75. The van der Waals surface area contributed by atoms with Gasteiger partial charge >= 0.3 is 21.7 Å². The maximum Gasteiger partial charge on any atom is 4.00 e. The van der Waals surface area contributed by atoms with Gasteiger partial charge in [0.15, 0.2) is 0 Å². The second kappa shape index (κ2) is 10.2. The van der Waals surface area contributed by atoms with Gasteiger partial charge in [-0.15, -0.1) is 5.54 Å². The number of allylic oxidation sites excluding steroid dienone is 3. The topological polar surface area (TPSA) is 23.3 Å². The van der Waals surface area contributed by atoms with Crippen molar-refractivity contribution in [3.05, 3.63) is 51.6 Å². The van der Waals surface area contributed by atoms with E-state index in [1.165, 1.54) is 12.8 Å². The number of rotatable bonds is 3. The first kappa shape index (κ1) is 27.2. The van der Waals surface area contributed by atoms with Crippen LogP contribution in [0.5, 0.6) is 0 Å². The van der Waals surface area contributed by atoms with Crippen molar-refractivity contribution in [1.29, 1.82) is 0 Å². The molecule has 2 aliphatic rings. The van der Waals surface area contributed by atoms with Crippen molar-refractivity contribution in [1.82, 2.24) is 0 Å². The van der Waals surface area contributed by atoms with Crippen molar-refractivity contribution in [3.63, 3.8) is 0 Å². The summed E-state index contributed by atoms with van der Waals surface area (Å²) in [5.41, 5.74) is 0.00996. The van der Waals surface area contributed by atoms with E-state index < -0.39 is 8.48 Å². The Morgan fingerprint density at radius 2 is 1.55 bits per heavy atom. The average molecular weight is 357 g/mol. The minimum atomic E-state index is -1.91. The summed E-state index contributed by atoms with van der Waals surface area (Å²) in [6.07, 6.45) is 11.8. The van der Waals surface area contributed by atoms with Crippen molar-refractivity contribution in [2.24, 2.45) is 11.8 Å². The van der Waals surface area contributed by atoms with Crippen molar-refractivity contribution >= 4 is 8.48 Å². The fraction of sp³-hybridized carbons (Fsp3) is 0.611. The number of hydrogen-bond donors (Lipinski definition) is 0. The number of hydrogen-bond acceptors (Lipinski definition) is 1. The van der Waals surface area contributed by atoms with Crippen LogP contribution in [0, 0.1) is 34.1 Å². The Balaban J connectivity index is -0.000000902. The van der Waals surface area contributed by atoms with Crippen molar-refractivity contribution < 1.29 is 26.1 Å². The average Bonchev–Trinajstić information content (AvgIpc) is 2.57. The predicted molar refractivity (Wildman–Crippen MR) is 99.2 cm³/mol. The molecule has 2 aliphatic carbocycles. The molecular formula is C18H35NOSiTi. The van der Waals surface area contributed by atoms with E-state index in [1.54, 1.807) is 0 Å². The zero-order valence-corrected chi connectivity index (χ0v) is 18.4. The molecule has 0 aromatic carbocycles. The van der Waals surface area contributed by atoms with Gasteiger partial charge in [0.2, 0.25) is 0 Å². The normalized spacial score (nSPS) is 26.0. The van der Waals surface area contributed by atoms with Crippen molar-refractivity contribution in [2.75, 3.05) is 0 Å². The molecule has 22 heavy (non-hydrogen) atoms. The SMILES string of the molecule is CC(C)(C)[N-][Si](C)(C)OC1CCC2C=CC=CC21.[CH3-].[CH3-].[CH3-].[Ti+4]. The van der Waals surface area contributed by atoms with Gasteiger partial charge in [0.25, 0.3) is 0 Å². The molecule has 0 aromatic rings. The molecule has 126 valence electrons. The molecule has 0 N–H and O–H groups in total. The first-order chi connectivity index (χ1) is 8.27. The van der Waals surface area contributed by atoms with Crippen molar-refractivity contribution in [2.45, 2.75) is 58.3 Å². The van der Waals surface area contributed by atoms with Gasteiger partial charge in [0, 0.05) is 12.0 Å². The van der Waals surface area contributed by atoms with Gasteiger partial charge in [-0.05, 0) is 18.8 Å². The van der Waals surface area contributed by atoms with Crippen LogP contribution in [0.3, 0.4) is 0 Å². The summed E-state index contributed by atoms with van der Waals surface area (Å²) < 4.78 is 6.43. The van der Waals surface area contributed by atoms with Crippen LogP contribution in [-0.4, -0.2) is 20.1 Å². The molecule has 0 spiro atoms. The fourth-order valence-electron chi connectivity index (χ4n) is 3.25. The Labute approximate surface area is 156 Å². The molecule has 0 bridgehead atoms. The quantitative estimate of drug-likeness (QED) is 0.466. The minimum Gasteiger partial charge on any atom is -0.637 e. The Morgan fingerprint density at radius 1 is 1.00 bits per heavy atom. The van der Waals surface area contributed by atoms with Gasteiger partial charge in [-0.2, -0.15) is 0 Å². The first-order valence-electron chi connectivity index (χ1n) is 7.04. The Kier molecular flexibility index (Phi) is 12.7. The van der Waals surface area contributed by atoms with Gasteiger partial charge in [0.05, 0.1) is 8.48 Å². The maximum atomic E-state index is 6.43. The largest absolute Gasteiger partial charge is 4.00 e. The molecule has 1 fully saturated rings. The van der Waals surface area contributed by atoms with E-state index in [9.17, 15) is 0 Å². The summed E-state index contributed by atoms with van der Waals surface area (Å²) in [7, 11) is -1.91. The third-order valence-corrected chi connectivity index (χ3v) is 5.64. The van der Waals surface area contributed by atoms with Crippen LogP contribution in [0.15, 0.2) is 24.3 Å². The fourth-order valence-corrected chi connectivity index (χ4v) is 5.93. The van der Waals surface area contributed by atoms with E-state index in [4.69, 9.17) is 9.41 Å². The Bertz CT molecular complexity index is 361. The van der Waals surface area contributed by atoms with E-state index in [1.807, 2.05) is 0 Å². The number of nitrogens with zero attached hydrogens (tertiary/aromatic N) is 1. The molecule has 1 saturated carbocycles. The summed E-state index contributed by atoms with van der Waals surface area (Å²) >= 11 is 0. The number of fused-ring (bicyclic) bond motifs is 1. The summed E-state index contributed by atoms with van der Waals surface area (Å²) in [6.45, 7) is 10.9. The molecule has 2 nitrogen and oxygen atoms in total. The van der Waals surface area contributed by atoms with Crippen LogP contribution in [0.2, 0.25) is 13.1 Å². The van der Waals surface area contributed by atoms with E-state index in [-0.39, 0.29) is 49.5 Å². The monoisotopic (exact) mass is 357 g/mol. The summed E-state index contributed by atoms with van der Waals surface area (Å²) in [4.78, 5) is 4.92. The minimum absolute atomic E-state index is 0. The molecular weight excluding hydrogens is 322 g/mol. The molecule has 3 unspecified atom stereocenters. The van der Waals surface area contributed by atoms with Crippen LogP contribution >= 0.6 is 0 Å². The summed E-state index contributed by atoms with van der Waals surface area (Å²) in [6, 6.07) is 0. The molecule has 0 amide bonds. The van der Waals surface area contributed by atoms with Crippen molar-refractivity contribution in [3.8, 4) is 0 Å². The summed E-state index contributed by atoms with van der Waals surface area (Å²) in [5.74, 6) is 1.27. The maximum absolute atomic E-state index is 6.43. The van der Waals surface area contributed by atoms with Gasteiger partial charge < -0.3 is 31.7 Å². The van der Waals surface area contributed by atoms with Gasteiger partial charge in [-0.3, -0.25) is 0 Å². The molecule has 0 heterocycles. The zero-order chi connectivity index (χ0) is 13.4. The Morgan fingerprint density at radius 3 is 2.09 bits per heavy atom. The summed E-state index contributed by atoms with van der Waals surface area (Å²) in [5, 5.41) is 0. The third-order valence-electron chi connectivity index (χ3n) is 3.56. The zero-order valence-electron chi connectivity index (χ0n) is 15.8. The van der Waals surface area contributed by atoms with Crippen LogP contribution in [-0.2, 0) is 26.1 Å². The molecule has 0 saturated heterocycles. The van der Waals surface area contributed by atoms with E-state index in [0.29, 0.717) is 17.9 Å². The van der Waals surface area contributed by atoms with Crippen LogP contribution < -0.4 is 0 Å². The second-order valence-electron chi connectivity index (χ2n) is 6.97. The van der Waals surface area contributed by atoms with Gasteiger partial charge in [-0.1, -0.05) is 58.2 Å². The first-order valence-corrected chi connectivity index (χ1v) is 9.89. The van der Waals surface area contributed by atoms with E-state index >= 15 is 0 Å². The van der Waals surface area contributed by atoms with E-state index in [0.717, 1.165) is 0 Å². The molecule has 4 heteroatoms. The van der Waals surface area contributed by atoms with Crippen LogP contribution in [0.1, 0.15) is 33.6 Å². The molecule has 2 rings (SSSR count). The molecule has 3 atom stereocenters. The smallest absolute Gasteiger partial charge is 0.637 e. The van der Waals surface area contributed by atoms with Gasteiger partial charge in [0.1, 0.15) is 0 Å². The van der Waals surface area contributed by atoms with Gasteiger partial charge in [-0.25, -0.2) is 0 Å². The standard InChI is InChI=1S/C15H26NOSi.3CH3.Ti/c1-15(2,3)16-18(4,5)17-14-11-10-12-8-6-7-9-13(12)14;;;;/h6-9,12-14H,10-11H2,1-5H3;3*1H3;/q4*-1;+4. The Hall–Kier alpha value is 0.331. The molecule has 0 aliphatic heterocycles. The van der Waals surface area contributed by atoms with Crippen LogP contribution in [0.25, 0.3) is 4.98 Å². The molecule has 0 radical (unpaired) electrons. The molecule has 0 aromatic heterocycles.